The second-order valence-corrected chi connectivity index (χ2v) is 3.94. The average molecular weight is 232 g/mol. The molecular formula is C12H16N4O. The summed E-state index contributed by atoms with van der Waals surface area (Å²) in [5.41, 5.74) is 7.97. The zero-order chi connectivity index (χ0) is 12.3. The number of aromatic nitrogens is 3. The molecule has 2 N–H and O–H groups in total. The van der Waals surface area contributed by atoms with Gasteiger partial charge in [-0.05, 0) is 12.5 Å². The number of nitrogens with two attached hydrogens (primary N) is 1. The molecule has 17 heavy (non-hydrogen) atoms. The SMILES string of the molecule is COc1ccc(Cn2cncc2C(C)N)cn1. The van der Waals surface area contributed by atoms with E-state index in [1.165, 1.54) is 0 Å². The van der Waals surface area contributed by atoms with Crippen molar-refractivity contribution in [2.24, 2.45) is 5.73 Å². The maximum Gasteiger partial charge on any atom is 0.212 e. The lowest BCUT2D eigenvalue weighted by molar-refractivity contribution is 0.397. The third-order valence-corrected chi connectivity index (χ3v) is 2.57. The van der Waals surface area contributed by atoms with Crippen molar-refractivity contribution in [3.8, 4) is 5.88 Å². The number of hydrogen-bond donors (Lipinski definition) is 1. The zero-order valence-electron chi connectivity index (χ0n) is 10.00. The van der Waals surface area contributed by atoms with Crippen molar-refractivity contribution < 1.29 is 4.74 Å². The van der Waals surface area contributed by atoms with Gasteiger partial charge in [-0.2, -0.15) is 0 Å². The molecule has 2 heterocycles. The Hall–Kier alpha value is -1.88. The third-order valence-electron chi connectivity index (χ3n) is 2.57. The monoisotopic (exact) mass is 232 g/mol. The molecule has 90 valence electrons. The van der Waals surface area contributed by atoms with Crippen molar-refractivity contribution in [3.63, 3.8) is 0 Å². The molecule has 5 heteroatoms. The molecule has 0 aromatic carbocycles. The zero-order valence-corrected chi connectivity index (χ0v) is 10.00. The molecule has 0 bridgehead atoms. The van der Waals surface area contributed by atoms with Gasteiger partial charge >= 0.3 is 0 Å². The van der Waals surface area contributed by atoms with Crippen LogP contribution in [0.5, 0.6) is 5.88 Å². The van der Waals surface area contributed by atoms with Gasteiger partial charge in [-0.25, -0.2) is 9.97 Å². The molecule has 2 aromatic rings. The van der Waals surface area contributed by atoms with Crippen molar-refractivity contribution in [1.82, 2.24) is 14.5 Å². The summed E-state index contributed by atoms with van der Waals surface area (Å²) in [6.45, 7) is 2.66. The van der Waals surface area contributed by atoms with Gasteiger partial charge in [0, 0.05) is 24.5 Å². The molecule has 5 nitrogen and oxygen atoms in total. The van der Waals surface area contributed by atoms with Gasteiger partial charge in [0.05, 0.1) is 25.7 Å². The fourth-order valence-corrected chi connectivity index (χ4v) is 1.66. The number of methoxy groups -OCH3 is 1. The van der Waals surface area contributed by atoms with Crippen molar-refractivity contribution in [2.45, 2.75) is 19.5 Å². The standard InChI is InChI=1S/C12H16N4O/c1-9(13)11-6-14-8-16(11)7-10-3-4-12(17-2)15-5-10/h3-6,8-9H,7,13H2,1-2H3. The predicted molar refractivity (Wildman–Crippen MR) is 64.7 cm³/mol. The van der Waals surface area contributed by atoms with Crippen LogP contribution in [0.2, 0.25) is 0 Å². The number of rotatable bonds is 4. The van der Waals surface area contributed by atoms with Crippen molar-refractivity contribution in [2.75, 3.05) is 7.11 Å². The Morgan fingerprint density at radius 2 is 2.24 bits per heavy atom. The predicted octanol–water partition coefficient (Wildman–Crippen LogP) is 1.35. The lowest BCUT2D eigenvalue weighted by Crippen LogP contribution is -2.12. The molecule has 0 radical (unpaired) electrons. The van der Waals surface area contributed by atoms with Gasteiger partial charge in [0.25, 0.3) is 0 Å². The average Bonchev–Trinajstić information content (AvgIpc) is 2.78. The van der Waals surface area contributed by atoms with Crippen LogP contribution >= 0.6 is 0 Å². The fourth-order valence-electron chi connectivity index (χ4n) is 1.66. The molecule has 2 rings (SSSR count). The van der Waals surface area contributed by atoms with Crippen LogP contribution < -0.4 is 10.5 Å². The summed E-state index contributed by atoms with van der Waals surface area (Å²) >= 11 is 0. The van der Waals surface area contributed by atoms with E-state index in [2.05, 4.69) is 9.97 Å². The summed E-state index contributed by atoms with van der Waals surface area (Å²) in [6.07, 6.45) is 5.37. The molecule has 2 aromatic heterocycles. The smallest absolute Gasteiger partial charge is 0.212 e. The fraction of sp³-hybridized carbons (Fsp3) is 0.333. The molecule has 0 fully saturated rings. The van der Waals surface area contributed by atoms with Crippen molar-refractivity contribution in [1.29, 1.82) is 0 Å². The van der Waals surface area contributed by atoms with E-state index >= 15 is 0 Å². The first-order valence-corrected chi connectivity index (χ1v) is 5.45. The molecule has 1 atom stereocenters. The molecule has 0 saturated carbocycles. The van der Waals surface area contributed by atoms with Gasteiger partial charge in [-0.15, -0.1) is 0 Å². The van der Waals surface area contributed by atoms with Gasteiger partial charge in [-0.1, -0.05) is 6.07 Å². The summed E-state index contributed by atoms with van der Waals surface area (Å²) in [5, 5.41) is 0. The molecule has 0 saturated heterocycles. The summed E-state index contributed by atoms with van der Waals surface area (Å²) in [7, 11) is 1.60. The van der Waals surface area contributed by atoms with Crippen LogP contribution in [-0.4, -0.2) is 21.6 Å². The van der Waals surface area contributed by atoms with E-state index in [-0.39, 0.29) is 6.04 Å². The molecule has 0 aliphatic rings. The topological polar surface area (TPSA) is 66.0 Å². The Morgan fingerprint density at radius 3 is 2.82 bits per heavy atom. The van der Waals surface area contributed by atoms with E-state index in [0.717, 1.165) is 11.3 Å². The lowest BCUT2D eigenvalue weighted by Gasteiger charge is -2.10. The summed E-state index contributed by atoms with van der Waals surface area (Å²) in [4.78, 5) is 8.28. The maximum atomic E-state index is 5.86. The highest BCUT2D eigenvalue weighted by Crippen LogP contribution is 2.12. The lowest BCUT2D eigenvalue weighted by atomic mass is 10.2. The van der Waals surface area contributed by atoms with Crippen LogP contribution in [0.1, 0.15) is 24.2 Å². The maximum absolute atomic E-state index is 5.86. The van der Waals surface area contributed by atoms with Gasteiger partial charge in [0.1, 0.15) is 0 Å². The van der Waals surface area contributed by atoms with Crippen molar-refractivity contribution >= 4 is 0 Å². The van der Waals surface area contributed by atoms with E-state index in [1.807, 2.05) is 23.6 Å². The van der Waals surface area contributed by atoms with Crippen LogP contribution in [0.25, 0.3) is 0 Å². The van der Waals surface area contributed by atoms with Crippen LogP contribution in [-0.2, 0) is 6.54 Å². The highest BCUT2D eigenvalue weighted by Gasteiger charge is 2.07. The van der Waals surface area contributed by atoms with Crippen LogP contribution in [0.3, 0.4) is 0 Å². The largest absolute Gasteiger partial charge is 0.481 e. The van der Waals surface area contributed by atoms with E-state index in [0.29, 0.717) is 12.4 Å². The summed E-state index contributed by atoms with van der Waals surface area (Å²) < 4.78 is 7.04. The van der Waals surface area contributed by atoms with E-state index < -0.39 is 0 Å². The van der Waals surface area contributed by atoms with Gasteiger partial charge < -0.3 is 15.0 Å². The second-order valence-electron chi connectivity index (χ2n) is 3.94. The van der Waals surface area contributed by atoms with Crippen LogP contribution in [0, 0.1) is 0 Å². The first kappa shape index (κ1) is 11.6. The van der Waals surface area contributed by atoms with E-state index in [9.17, 15) is 0 Å². The Balaban J connectivity index is 2.16. The molecular weight excluding hydrogens is 216 g/mol. The second kappa shape index (κ2) is 4.97. The molecule has 0 aliphatic heterocycles. The van der Waals surface area contributed by atoms with E-state index in [1.54, 1.807) is 25.8 Å². The van der Waals surface area contributed by atoms with Gasteiger partial charge in [0.2, 0.25) is 5.88 Å². The first-order valence-electron chi connectivity index (χ1n) is 5.45. The Bertz CT molecular complexity index is 476. The number of ether oxygens (including phenoxy) is 1. The first-order chi connectivity index (χ1) is 8.20. The Morgan fingerprint density at radius 1 is 1.41 bits per heavy atom. The van der Waals surface area contributed by atoms with Crippen molar-refractivity contribution in [3.05, 3.63) is 42.1 Å². The van der Waals surface area contributed by atoms with Gasteiger partial charge in [-0.3, -0.25) is 0 Å². The normalized spacial score (nSPS) is 12.4. The Labute approximate surface area is 100 Å². The van der Waals surface area contributed by atoms with Gasteiger partial charge in [0.15, 0.2) is 0 Å². The highest BCUT2D eigenvalue weighted by atomic mass is 16.5. The highest BCUT2D eigenvalue weighted by molar-refractivity contribution is 5.19. The Kier molecular flexibility index (Phi) is 3.39. The molecule has 0 aliphatic carbocycles. The number of hydrogen-bond acceptors (Lipinski definition) is 4. The molecule has 1 unspecified atom stereocenters. The summed E-state index contributed by atoms with van der Waals surface area (Å²) in [5.74, 6) is 0.617. The number of imidazole rings is 1. The molecule has 0 spiro atoms. The minimum atomic E-state index is -0.0243. The summed E-state index contributed by atoms with van der Waals surface area (Å²) in [6, 6.07) is 3.80. The number of pyridine rings is 1. The number of nitrogens with zero attached hydrogens (tertiary/aromatic N) is 3. The minimum absolute atomic E-state index is 0.0243. The molecule has 0 amide bonds. The van der Waals surface area contributed by atoms with Crippen LogP contribution in [0.15, 0.2) is 30.9 Å². The quantitative estimate of drug-likeness (QED) is 0.864. The third kappa shape index (κ3) is 2.62. The van der Waals surface area contributed by atoms with Crippen LogP contribution in [0.4, 0.5) is 0 Å². The van der Waals surface area contributed by atoms with E-state index in [4.69, 9.17) is 10.5 Å². The minimum Gasteiger partial charge on any atom is -0.481 e.